The van der Waals surface area contributed by atoms with Gasteiger partial charge in [-0.05, 0) is 26.0 Å². The molecule has 2 rings (SSSR count). The number of nitrogens with zero attached hydrogens (tertiary/aromatic N) is 2. The predicted octanol–water partition coefficient (Wildman–Crippen LogP) is 3.35. The van der Waals surface area contributed by atoms with Crippen LogP contribution in [0.15, 0.2) is 22.5 Å². The fraction of sp³-hybridized carbons (Fsp3) is 0.429. The molecule has 0 unspecified atom stereocenters. The van der Waals surface area contributed by atoms with Gasteiger partial charge in [0.2, 0.25) is 0 Å². The molecule has 0 fully saturated rings. The maximum Gasteiger partial charge on any atom is 0.191 e. The molecule has 2 N–H and O–H groups in total. The van der Waals surface area contributed by atoms with Gasteiger partial charge in [0.05, 0.1) is 17.2 Å². The van der Waals surface area contributed by atoms with Gasteiger partial charge in [0, 0.05) is 35.1 Å². The first-order chi connectivity index (χ1) is 9.67. The summed E-state index contributed by atoms with van der Waals surface area (Å²) in [5, 5.41) is 9.87. The van der Waals surface area contributed by atoms with Gasteiger partial charge in [-0.1, -0.05) is 0 Å². The van der Waals surface area contributed by atoms with Crippen molar-refractivity contribution in [2.75, 3.05) is 13.6 Å². The average molecular weight is 436 g/mol. The largest absolute Gasteiger partial charge is 0.356 e. The lowest BCUT2D eigenvalue weighted by molar-refractivity contribution is 0.790. The summed E-state index contributed by atoms with van der Waals surface area (Å²) >= 11 is 3.51. The summed E-state index contributed by atoms with van der Waals surface area (Å²) in [7, 11) is 1.79. The predicted molar refractivity (Wildman–Crippen MR) is 103 cm³/mol. The van der Waals surface area contributed by atoms with Crippen molar-refractivity contribution in [3.05, 3.63) is 38.0 Å². The Morgan fingerprint density at radius 3 is 2.67 bits per heavy atom. The topological polar surface area (TPSA) is 49.3 Å². The van der Waals surface area contributed by atoms with E-state index in [2.05, 4.69) is 45.0 Å². The summed E-state index contributed by atoms with van der Waals surface area (Å²) in [4.78, 5) is 11.3. The number of hydrogen-bond acceptors (Lipinski definition) is 4. The van der Waals surface area contributed by atoms with Crippen LogP contribution in [0.1, 0.15) is 20.5 Å². The molecule has 0 aromatic carbocycles. The Hall–Kier alpha value is -0.670. The van der Waals surface area contributed by atoms with Crippen LogP contribution >= 0.6 is 46.7 Å². The van der Waals surface area contributed by atoms with Gasteiger partial charge in [-0.15, -0.1) is 46.7 Å². The first kappa shape index (κ1) is 18.4. The van der Waals surface area contributed by atoms with Crippen molar-refractivity contribution in [1.82, 2.24) is 15.6 Å². The Morgan fingerprint density at radius 2 is 2.10 bits per heavy atom. The molecule has 21 heavy (non-hydrogen) atoms. The normalized spacial score (nSPS) is 11.1. The first-order valence-electron chi connectivity index (χ1n) is 6.58. The highest BCUT2D eigenvalue weighted by Crippen LogP contribution is 2.14. The molecule has 0 aliphatic heterocycles. The van der Waals surface area contributed by atoms with E-state index >= 15 is 0 Å². The van der Waals surface area contributed by atoms with Crippen LogP contribution in [0.3, 0.4) is 0 Å². The van der Waals surface area contributed by atoms with Gasteiger partial charge in [0.15, 0.2) is 5.96 Å². The van der Waals surface area contributed by atoms with Gasteiger partial charge in [0.25, 0.3) is 0 Å². The monoisotopic (exact) mass is 436 g/mol. The van der Waals surface area contributed by atoms with E-state index in [1.54, 1.807) is 18.4 Å². The molecule has 2 heterocycles. The molecule has 0 aliphatic rings. The smallest absolute Gasteiger partial charge is 0.191 e. The quantitative estimate of drug-likeness (QED) is 0.430. The third kappa shape index (κ3) is 6.31. The Bertz CT molecular complexity index is 577. The van der Waals surface area contributed by atoms with Crippen molar-refractivity contribution in [1.29, 1.82) is 0 Å². The number of hydrogen-bond donors (Lipinski definition) is 2. The molecule has 2 aromatic rings. The van der Waals surface area contributed by atoms with Crippen molar-refractivity contribution in [2.45, 2.75) is 26.8 Å². The van der Waals surface area contributed by atoms with E-state index in [1.165, 1.54) is 9.75 Å². The summed E-state index contributed by atoms with van der Waals surface area (Å²) in [5.74, 6) is 0.836. The van der Waals surface area contributed by atoms with Crippen molar-refractivity contribution in [2.24, 2.45) is 4.99 Å². The Balaban J connectivity index is 0.00000220. The van der Waals surface area contributed by atoms with Gasteiger partial charge in [-0.2, -0.15) is 0 Å². The molecule has 0 spiro atoms. The Labute approximate surface area is 151 Å². The second kappa shape index (κ2) is 9.37. The first-order valence-corrected chi connectivity index (χ1v) is 8.28. The van der Waals surface area contributed by atoms with Crippen LogP contribution in [-0.2, 0) is 13.0 Å². The molecule has 0 amide bonds. The number of thiazole rings is 1. The second-order valence-corrected chi connectivity index (χ2v) is 6.91. The number of halogens is 1. The standard InChI is InChI=1S/C14H20N4S2.HI/c1-10-4-5-13(20-10)8-17-14(15-3)16-7-6-12-9-19-11(2)18-12;/h4-5,9H,6-8H2,1-3H3,(H2,15,16,17);1H. The third-order valence-corrected chi connectivity index (χ3v) is 4.61. The molecule has 0 aliphatic carbocycles. The average Bonchev–Trinajstić information content (AvgIpc) is 3.02. The zero-order valence-electron chi connectivity index (χ0n) is 12.5. The number of aliphatic imine (C=N–C) groups is 1. The van der Waals surface area contributed by atoms with Crippen molar-refractivity contribution in [3.63, 3.8) is 0 Å². The number of aryl methyl sites for hydroxylation is 2. The fourth-order valence-corrected chi connectivity index (χ4v) is 3.28. The number of thiophene rings is 1. The lowest BCUT2D eigenvalue weighted by Crippen LogP contribution is -2.37. The fourth-order valence-electron chi connectivity index (χ4n) is 1.80. The Kier molecular flexibility index (Phi) is 8.20. The summed E-state index contributed by atoms with van der Waals surface area (Å²) in [6.07, 6.45) is 0.920. The molecule has 0 saturated heterocycles. The van der Waals surface area contributed by atoms with E-state index in [9.17, 15) is 0 Å². The maximum absolute atomic E-state index is 4.45. The molecule has 0 atom stereocenters. The number of nitrogens with one attached hydrogen (secondary N) is 2. The van der Waals surface area contributed by atoms with Crippen LogP contribution in [0, 0.1) is 13.8 Å². The van der Waals surface area contributed by atoms with Gasteiger partial charge in [-0.25, -0.2) is 4.98 Å². The van der Waals surface area contributed by atoms with Crippen molar-refractivity contribution in [3.8, 4) is 0 Å². The molecular weight excluding hydrogens is 415 g/mol. The summed E-state index contributed by atoms with van der Waals surface area (Å²) in [6, 6.07) is 4.29. The molecule has 0 saturated carbocycles. The minimum Gasteiger partial charge on any atom is -0.356 e. The van der Waals surface area contributed by atoms with E-state index in [0.717, 1.165) is 36.2 Å². The van der Waals surface area contributed by atoms with Crippen LogP contribution in [0.5, 0.6) is 0 Å². The molecule has 2 aromatic heterocycles. The number of aromatic nitrogens is 1. The summed E-state index contributed by atoms with van der Waals surface area (Å²) in [5.41, 5.74) is 1.14. The zero-order valence-corrected chi connectivity index (χ0v) is 16.4. The second-order valence-electron chi connectivity index (χ2n) is 4.47. The molecule has 7 heteroatoms. The van der Waals surface area contributed by atoms with Crippen LogP contribution in [0.4, 0.5) is 0 Å². The van der Waals surface area contributed by atoms with Gasteiger partial charge < -0.3 is 10.6 Å². The molecule has 0 bridgehead atoms. The highest BCUT2D eigenvalue weighted by atomic mass is 127. The van der Waals surface area contributed by atoms with Gasteiger partial charge in [0.1, 0.15) is 0 Å². The van der Waals surface area contributed by atoms with E-state index in [0.29, 0.717) is 0 Å². The van der Waals surface area contributed by atoms with Gasteiger partial charge in [-0.3, -0.25) is 4.99 Å². The summed E-state index contributed by atoms with van der Waals surface area (Å²) in [6.45, 7) is 5.81. The minimum atomic E-state index is 0. The minimum absolute atomic E-state index is 0. The molecule has 0 radical (unpaired) electrons. The number of rotatable bonds is 5. The Morgan fingerprint density at radius 1 is 1.29 bits per heavy atom. The van der Waals surface area contributed by atoms with E-state index in [-0.39, 0.29) is 24.0 Å². The van der Waals surface area contributed by atoms with Gasteiger partial charge >= 0.3 is 0 Å². The maximum atomic E-state index is 4.45. The summed E-state index contributed by atoms with van der Waals surface area (Å²) < 4.78 is 0. The van der Waals surface area contributed by atoms with E-state index < -0.39 is 0 Å². The molecule has 4 nitrogen and oxygen atoms in total. The van der Waals surface area contributed by atoms with Crippen molar-refractivity contribution < 1.29 is 0 Å². The molecule has 116 valence electrons. The van der Waals surface area contributed by atoms with E-state index in [1.807, 2.05) is 18.3 Å². The van der Waals surface area contributed by atoms with Crippen LogP contribution in [0.2, 0.25) is 0 Å². The van der Waals surface area contributed by atoms with Crippen LogP contribution in [0.25, 0.3) is 0 Å². The van der Waals surface area contributed by atoms with Crippen LogP contribution < -0.4 is 10.6 Å². The lowest BCUT2D eigenvalue weighted by atomic mass is 10.3. The third-order valence-electron chi connectivity index (χ3n) is 2.79. The lowest BCUT2D eigenvalue weighted by Gasteiger charge is -2.10. The SMILES string of the molecule is CN=C(NCCc1csc(C)n1)NCc1ccc(C)s1.I. The number of guanidine groups is 1. The van der Waals surface area contributed by atoms with E-state index in [4.69, 9.17) is 0 Å². The molecular formula is C14H21IN4S2. The van der Waals surface area contributed by atoms with Crippen LogP contribution in [-0.4, -0.2) is 24.5 Å². The zero-order chi connectivity index (χ0) is 14.4. The highest BCUT2D eigenvalue weighted by Gasteiger charge is 2.02. The highest BCUT2D eigenvalue weighted by molar-refractivity contribution is 14.0. The van der Waals surface area contributed by atoms with Crippen molar-refractivity contribution >= 4 is 52.6 Å².